The quantitative estimate of drug-likeness (QED) is 0.671. The SMILES string of the molecule is N#CCCN1CCCC(C(N)=O)C1. The number of hydrogen-bond donors (Lipinski definition) is 1. The Hall–Kier alpha value is -1.08. The second kappa shape index (κ2) is 4.83. The van der Waals surface area contributed by atoms with E-state index in [4.69, 9.17) is 11.0 Å². The maximum Gasteiger partial charge on any atom is 0.221 e. The second-order valence-electron chi connectivity index (χ2n) is 3.45. The molecule has 0 aromatic carbocycles. The molecular weight excluding hydrogens is 166 g/mol. The van der Waals surface area contributed by atoms with E-state index in [1.165, 1.54) is 0 Å². The Balaban J connectivity index is 2.34. The van der Waals surface area contributed by atoms with Gasteiger partial charge < -0.3 is 10.6 Å². The van der Waals surface area contributed by atoms with Crippen molar-refractivity contribution < 1.29 is 4.79 Å². The number of amides is 1. The molecule has 0 saturated carbocycles. The first kappa shape index (κ1) is 10.0. The summed E-state index contributed by atoms with van der Waals surface area (Å²) in [6, 6.07) is 2.10. The van der Waals surface area contributed by atoms with E-state index in [-0.39, 0.29) is 11.8 Å². The van der Waals surface area contributed by atoms with Gasteiger partial charge in [0, 0.05) is 19.5 Å². The van der Waals surface area contributed by atoms with Crippen LogP contribution in [0.5, 0.6) is 0 Å². The van der Waals surface area contributed by atoms with E-state index in [0.29, 0.717) is 6.42 Å². The van der Waals surface area contributed by atoms with Crippen LogP contribution in [0.1, 0.15) is 19.3 Å². The molecule has 0 aliphatic carbocycles. The first-order chi connectivity index (χ1) is 6.24. The zero-order valence-electron chi connectivity index (χ0n) is 7.70. The third-order valence-electron chi connectivity index (χ3n) is 2.45. The summed E-state index contributed by atoms with van der Waals surface area (Å²) in [4.78, 5) is 13.0. The van der Waals surface area contributed by atoms with Crippen molar-refractivity contribution in [2.24, 2.45) is 11.7 Å². The smallest absolute Gasteiger partial charge is 0.221 e. The van der Waals surface area contributed by atoms with Crippen LogP contribution in [0.4, 0.5) is 0 Å². The number of likely N-dealkylation sites (tertiary alicyclic amines) is 1. The number of carbonyl (C=O) groups is 1. The van der Waals surface area contributed by atoms with E-state index in [1.807, 2.05) is 0 Å². The lowest BCUT2D eigenvalue weighted by atomic mass is 9.97. The van der Waals surface area contributed by atoms with E-state index in [2.05, 4.69) is 11.0 Å². The van der Waals surface area contributed by atoms with Crippen LogP contribution in [0, 0.1) is 17.2 Å². The maximum atomic E-state index is 10.9. The molecule has 0 aromatic heterocycles. The topological polar surface area (TPSA) is 70.1 Å². The normalized spacial score (nSPS) is 23.8. The summed E-state index contributed by atoms with van der Waals surface area (Å²) >= 11 is 0. The van der Waals surface area contributed by atoms with Crippen LogP contribution in [-0.2, 0) is 4.79 Å². The number of nitrogens with zero attached hydrogens (tertiary/aromatic N) is 2. The molecule has 1 atom stereocenters. The molecule has 2 N–H and O–H groups in total. The second-order valence-corrected chi connectivity index (χ2v) is 3.45. The van der Waals surface area contributed by atoms with Gasteiger partial charge in [0.05, 0.1) is 12.0 Å². The number of rotatable bonds is 3. The van der Waals surface area contributed by atoms with Crippen LogP contribution < -0.4 is 5.73 Å². The summed E-state index contributed by atoms with van der Waals surface area (Å²) in [7, 11) is 0. The zero-order valence-corrected chi connectivity index (χ0v) is 7.70. The highest BCUT2D eigenvalue weighted by Crippen LogP contribution is 2.15. The first-order valence-corrected chi connectivity index (χ1v) is 4.62. The van der Waals surface area contributed by atoms with E-state index >= 15 is 0 Å². The lowest BCUT2D eigenvalue weighted by Crippen LogP contribution is -2.41. The number of hydrogen-bond acceptors (Lipinski definition) is 3. The number of nitriles is 1. The van der Waals surface area contributed by atoms with Crippen molar-refractivity contribution >= 4 is 5.91 Å². The van der Waals surface area contributed by atoms with E-state index < -0.39 is 0 Å². The van der Waals surface area contributed by atoms with Gasteiger partial charge in [-0.25, -0.2) is 0 Å². The van der Waals surface area contributed by atoms with Crippen molar-refractivity contribution in [3.05, 3.63) is 0 Å². The summed E-state index contributed by atoms with van der Waals surface area (Å²) < 4.78 is 0. The van der Waals surface area contributed by atoms with E-state index in [1.54, 1.807) is 0 Å². The zero-order chi connectivity index (χ0) is 9.68. The molecular formula is C9H15N3O. The molecule has 1 fully saturated rings. The standard InChI is InChI=1S/C9H15N3O/c10-4-2-6-12-5-1-3-8(7-12)9(11)13/h8H,1-3,5-7H2,(H2,11,13). The molecule has 1 saturated heterocycles. The number of nitrogens with two attached hydrogens (primary N) is 1. The molecule has 72 valence electrons. The van der Waals surface area contributed by atoms with Gasteiger partial charge in [-0.2, -0.15) is 5.26 Å². The van der Waals surface area contributed by atoms with Gasteiger partial charge >= 0.3 is 0 Å². The van der Waals surface area contributed by atoms with Crippen LogP contribution in [0.2, 0.25) is 0 Å². The third kappa shape index (κ3) is 3.03. The van der Waals surface area contributed by atoms with Crippen molar-refractivity contribution in [1.29, 1.82) is 5.26 Å². The van der Waals surface area contributed by atoms with Gasteiger partial charge in [-0.15, -0.1) is 0 Å². The maximum absolute atomic E-state index is 10.9. The Morgan fingerprint density at radius 2 is 2.46 bits per heavy atom. The van der Waals surface area contributed by atoms with Crippen LogP contribution in [0.3, 0.4) is 0 Å². The number of piperidine rings is 1. The largest absolute Gasteiger partial charge is 0.369 e. The Labute approximate surface area is 78.3 Å². The molecule has 1 unspecified atom stereocenters. The van der Waals surface area contributed by atoms with E-state index in [0.717, 1.165) is 32.5 Å². The van der Waals surface area contributed by atoms with Crippen molar-refractivity contribution in [3.63, 3.8) is 0 Å². The summed E-state index contributed by atoms with van der Waals surface area (Å²) in [5.74, 6) is -0.214. The fraction of sp³-hybridized carbons (Fsp3) is 0.778. The van der Waals surface area contributed by atoms with Crippen LogP contribution in [0.15, 0.2) is 0 Å². The minimum atomic E-state index is -0.207. The Morgan fingerprint density at radius 1 is 1.69 bits per heavy atom. The summed E-state index contributed by atoms with van der Waals surface area (Å²) in [5.41, 5.74) is 5.23. The minimum absolute atomic E-state index is 0.00700. The molecule has 13 heavy (non-hydrogen) atoms. The Kier molecular flexibility index (Phi) is 3.71. The highest BCUT2D eigenvalue weighted by Gasteiger charge is 2.23. The highest BCUT2D eigenvalue weighted by atomic mass is 16.1. The average molecular weight is 181 g/mol. The molecule has 0 spiro atoms. The Bertz CT molecular complexity index is 221. The molecule has 0 radical (unpaired) electrons. The summed E-state index contributed by atoms with van der Waals surface area (Å²) in [6.45, 7) is 2.49. The van der Waals surface area contributed by atoms with Gasteiger partial charge in [0.25, 0.3) is 0 Å². The molecule has 0 aromatic rings. The predicted octanol–water partition coefficient (Wildman–Crippen LogP) is 0.0974. The minimum Gasteiger partial charge on any atom is -0.369 e. The van der Waals surface area contributed by atoms with Crippen LogP contribution in [0.25, 0.3) is 0 Å². The van der Waals surface area contributed by atoms with Crippen LogP contribution >= 0.6 is 0 Å². The van der Waals surface area contributed by atoms with Gasteiger partial charge in [0.15, 0.2) is 0 Å². The first-order valence-electron chi connectivity index (χ1n) is 4.62. The Morgan fingerprint density at radius 3 is 3.08 bits per heavy atom. The molecule has 0 bridgehead atoms. The van der Waals surface area contributed by atoms with Gasteiger partial charge in [0.2, 0.25) is 5.91 Å². The van der Waals surface area contributed by atoms with Crippen LogP contribution in [-0.4, -0.2) is 30.4 Å². The summed E-state index contributed by atoms with van der Waals surface area (Å²) in [5, 5.41) is 8.40. The van der Waals surface area contributed by atoms with Crippen molar-refractivity contribution in [3.8, 4) is 6.07 Å². The van der Waals surface area contributed by atoms with E-state index in [9.17, 15) is 4.79 Å². The van der Waals surface area contributed by atoms with Crippen molar-refractivity contribution in [1.82, 2.24) is 4.90 Å². The third-order valence-corrected chi connectivity index (χ3v) is 2.45. The van der Waals surface area contributed by atoms with Gasteiger partial charge in [-0.1, -0.05) is 0 Å². The molecule has 1 heterocycles. The fourth-order valence-corrected chi connectivity index (χ4v) is 1.70. The van der Waals surface area contributed by atoms with Gasteiger partial charge in [-0.3, -0.25) is 4.79 Å². The van der Waals surface area contributed by atoms with Crippen molar-refractivity contribution in [2.75, 3.05) is 19.6 Å². The lowest BCUT2D eigenvalue weighted by Gasteiger charge is -2.30. The molecule has 1 rings (SSSR count). The van der Waals surface area contributed by atoms with Crippen molar-refractivity contribution in [2.45, 2.75) is 19.3 Å². The predicted molar refractivity (Wildman–Crippen MR) is 48.6 cm³/mol. The molecule has 4 heteroatoms. The molecule has 1 aliphatic rings. The summed E-state index contributed by atoms with van der Waals surface area (Å²) in [6.07, 6.45) is 2.45. The molecule has 1 amide bonds. The fourth-order valence-electron chi connectivity index (χ4n) is 1.70. The molecule has 4 nitrogen and oxygen atoms in total. The molecule has 1 aliphatic heterocycles. The van der Waals surface area contributed by atoms with Gasteiger partial charge in [-0.05, 0) is 19.4 Å². The monoisotopic (exact) mass is 181 g/mol. The highest BCUT2D eigenvalue weighted by molar-refractivity contribution is 5.76. The van der Waals surface area contributed by atoms with Gasteiger partial charge in [0.1, 0.15) is 0 Å². The lowest BCUT2D eigenvalue weighted by molar-refractivity contribution is -0.123. The number of primary amides is 1. The number of carbonyl (C=O) groups excluding carboxylic acids is 1. The average Bonchev–Trinajstić information content (AvgIpc) is 2.15.